The first-order valence-electron chi connectivity index (χ1n) is 10.9. The molecule has 9 heteroatoms. The molecule has 172 valence electrons. The summed E-state index contributed by atoms with van der Waals surface area (Å²) in [5, 5.41) is 4.44. The molecule has 1 aromatic carbocycles. The summed E-state index contributed by atoms with van der Waals surface area (Å²) in [7, 11) is 1.33. The number of aryl methyl sites for hydroxylation is 1. The van der Waals surface area contributed by atoms with Gasteiger partial charge in [0.15, 0.2) is 0 Å². The second-order valence-electron chi connectivity index (χ2n) is 8.40. The minimum atomic E-state index is -0.591. The Bertz CT molecular complexity index is 1190. The zero-order valence-electron chi connectivity index (χ0n) is 19.1. The Labute approximate surface area is 191 Å². The molecule has 1 aliphatic heterocycles. The molecule has 0 N–H and O–H groups in total. The maximum Gasteiger partial charge on any atom is 0.328 e. The van der Waals surface area contributed by atoms with Crippen molar-refractivity contribution in [3.05, 3.63) is 59.3 Å². The summed E-state index contributed by atoms with van der Waals surface area (Å²) in [6.07, 6.45) is 4.50. The third kappa shape index (κ3) is 4.22. The number of hydrogen-bond acceptors (Lipinski definition) is 6. The molecule has 2 aromatic heterocycles. The fourth-order valence-corrected chi connectivity index (χ4v) is 4.22. The number of rotatable bonds is 5. The number of carbonyl (C=O) groups excluding carboxylic acids is 2. The van der Waals surface area contributed by atoms with Gasteiger partial charge in [-0.2, -0.15) is 5.10 Å². The summed E-state index contributed by atoms with van der Waals surface area (Å²) in [4.78, 5) is 36.2. The lowest BCUT2D eigenvalue weighted by molar-refractivity contribution is -0.145. The average molecular weight is 452 g/mol. The predicted molar refractivity (Wildman–Crippen MR) is 119 cm³/mol. The first-order chi connectivity index (χ1) is 15.8. The number of nitrogens with zero attached hydrogens (tertiary/aromatic N) is 5. The van der Waals surface area contributed by atoms with Crippen LogP contribution in [0.25, 0.3) is 17.2 Å². The third-order valence-corrected chi connectivity index (χ3v) is 5.84. The van der Waals surface area contributed by atoms with Crippen LogP contribution in [0.5, 0.6) is 0 Å². The van der Waals surface area contributed by atoms with Crippen molar-refractivity contribution >= 4 is 11.9 Å². The first-order valence-corrected chi connectivity index (χ1v) is 10.9. The van der Waals surface area contributed by atoms with Gasteiger partial charge in [-0.25, -0.2) is 23.8 Å². The number of carbonyl (C=O) groups is 2. The molecule has 1 aliphatic rings. The van der Waals surface area contributed by atoms with Crippen LogP contribution in [0.1, 0.15) is 54.2 Å². The molecule has 0 spiro atoms. The monoisotopic (exact) mass is 451 g/mol. The number of likely N-dealkylation sites (tertiary alicyclic amines) is 1. The Morgan fingerprint density at radius 2 is 1.91 bits per heavy atom. The quantitative estimate of drug-likeness (QED) is 0.550. The molecule has 3 aromatic rings. The van der Waals surface area contributed by atoms with E-state index in [0.29, 0.717) is 35.9 Å². The van der Waals surface area contributed by atoms with Crippen LogP contribution in [0.2, 0.25) is 0 Å². The lowest BCUT2D eigenvalue weighted by Gasteiger charge is -2.23. The van der Waals surface area contributed by atoms with Gasteiger partial charge in [0.2, 0.25) is 0 Å². The van der Waals surface area contributed by atoms with Crippen molar-refractivity contribution in [1.29, 1.82) is 0 Å². The van der Waals surface area contributed by atoms with E-state index < -0.39 is 12.0 Å². The van der Waals surface area contributed by atoms with Gasteiger partial charge in [-0.05, 0) is 55.5 Å². The lowest BCUT2D eigenvalue weighted by atomic mass is 10.0. The van der Waals surface area contributed by atoms with Crippen LogP contribution in [0.4, 0.5) is 4.39 Å². The molecule has 1 atom stereocenters. The van der Waals surface area contributed by atoms with Gasteiger partial charge in [-0.1, -0.05) is 13.8 Å². The van der Waals surface area contributed by atoms with Gasteiger partial charge in [0.25, 0.3) is 11.9 Å². The van der Waals surface area contributed by atoms with Crippen LogP contribution in [0, 0.1) is 12.7 Å². The molecule has 0 bridgehead atoms. The molecule has 0 saturated carbocycles. The minimum absolute atomic E-state index is 0.0650. The SMILES string of the molecule is COC(=O)[C@@H]1CCCN1C(=O)c1cnn(-c2ncc(C)c(-c3ccc(F)cc3)n2)c1C(C)C. The van der Waals surface area contributed by atoms with Gasteiger partial charge in [-0.15, -0.1) is 0 Å². The summed E-state index contributed by atoms with van der Waals surface area (Å²) in [6, 6.07) is 5.50. The molecule has 4 rings (SSSR count). The molecular weight excluding hydrogens is 425 g/mol. The standard InChI is InChI=1S/C24H26FN5O3/c1-14(2)21-18(22(31)29-11-5-6-19(29)23(32)33-4)13-27-30(21)24-26-12-15(3)20(28-24)16-7-9-17(25)10-8-16/h7-10,12-14,19H,5-6,11H2,1-4H3/t19-/m0/s1. The van der Waals surface area contributed by atoms with Crippen LogP contribution in [-0.4, -0.2) is 56.2 Å². The molecule has 1 amide bonds. The molecule has 0 unspecified atom stereocenters. The predicted octanol–water partition coefficient (Wildman–Crippen LogP) is 3.68. The van der Waals surface area contributed by atoms with Gasteiger partial charge in [0.1, 0.15) is 11.9 Å². The van der Waals surface area contributed by atoms with E-state index in [2.05, 4.69) is 15.1 Å². The molecule has 3 heterocycles. The highest BCUT2D eigenvalue weighted by atomic mass is 19.1. The number of amides is 1. The fraction of sp³-hybridized carbons (Fsp3) is 0.375. The second kappa shape index (κ2) is 9.09. The van der Waals surface area contributed by atoms with Gasteiger partial charge >= 0.3 is 5.97 Å². The van der Waals surface area contributed by atoms with E-state index >= 15 is 0 Å². The van der Waals surface area contributed by atoms with Crippen molar-refractivity contribution < 1.29 is 18.7 Å². The largest absolute Gasteiger partial charge is 0.467 e. The van der Waals surface area contributed by atoms with Gasteiger partial charge in [0, 0.05) is 18.3 Å². The van der Waals surface area contributed by atoms with E-state index in [1.54, 1.807) is 27.9 Å². The van der Waals surface area contributed by atoms with E-state index in [1.807, 2.05) is 20.8 Å². The Hall–Kier alpha value is -3.62. The molecule has 1 fully saturated rings. The van der Waals surface area contributed by atoms with Gasteiger partial charge in [0.05, 0.1) is 30.3 Å². The van der Waals surface area contributed by atoms with E-state index in [-0.39, 0.29) is 17.6 Å². The molecule has 8 nitrogen and oxygen atoms in total. The minimum Gasteiger partial charge on any atom is -0.467 e. The smallest absolute Gasteiger partial charge is 0.328 e. The summed E-state index contributed by atoms with van der Waals surface area (Å²) < 4.78 is 19.8. The highest BCUT2D eigenvalue weighted by Crippen LogP contribution is 2.28. The molecule has 1 saturated heterocycles. The highest BCUT2D eigenvalue weighted by Gasteiger charge is 2.37. The topological polar surface area (TPSA) is 90.2 Å². The van der Waals surface area contributed by atoms with E-state index in [1.165, 1.54) is 25.4 Å². The fourth-order valence-electron chi connectivity index (χ4n) is 4.22. The lowest BCUT2D eigenvalue weighted by Crippen LogP contribution is -2.41. The van der Waals surface area contributed by atoms with Crippen molar-refractivity contribution in [2.45, 2.75) is 45.6 Å². The molecule has 0 radical (unpaired) electrons. The maximum atomic E-state index is 13.4. The Morgan fingerprint density at radius 1 is 1.18 bits per heavy atom. The Morgan fingerprint density at radius 3 is 2.58 bits per heavy atom. The third-order valence-electron chi connectivity index (χ3n) is 5.84. The second-order valence-corrected chi connectivity index (χ2v) is 8.40. The van der Waals surface area contributed by atoms with E-state index in [9.17, 15) is 14.0 Å². The first kappa shape index (κ1) is 22.6. The van der Waals surface area contributed by atoms with Crippen LogP contribution in [0.3, 0.4) is 0 Å². The average Bonchev–Trinajstić information content (AvgIpc) is 3.47. The van der Waals surface area contributed by atoms with Gasteiger partial charge < -0.3 is 9.64 Å². The Balaban J connectivity index is 1.75. The van der Waals surface area contributed by atoms with E-state index in [0.717, 1.165) is 17.5 Å². The summed E-state index contributed by atoms with van der Waals surface area (Å²) >= 11 is 0. The zero-order valence-corrected chi connectivity index (χ0v) is 19.1. The van der Waals surface area contributed by atoms with Gasteiger partial charge in [-0.3, -0.25) is 4.79 Å². The Kier molecular flexibility index (Phi) is 6.22. The summed E-state index contributed by atoms with van der Waals surface area (Å²) in [6.45, 7) is 6.28. The van der Waals surface area contributed by atoms with Crippen LogP contribution >= 0.6 is 0 Å². The number of methoxy groups -OCH3 is 1. The maximum absolute atomic E-state index is 13.4. The highest BCUT2D eigenvalue weighted by molar-refractivity contribution is 5.98. The summed E-state index contributed by atoms with van der Waals surface area (Å²) in [5.41, 5.74) is 3.31. The van der Waals surface area contributed by atoms with Crippen molar-refractivity contribution in [1.82, 2.24) is 24.6 Å². The van der Waals surface area contributed by atoms with Crippen molar-refractivity contribution in [3.8, 4) is 17.2 Å². The summed E-state index contributed by atoms with van der Waals surface area (Å²) in [5.74, 6) is -0.748. The number of ether oxygens (including phenoxy) is 1. The van der Waals surface area contributed by atoms with Crippen LogP contribution < -0.4 is 0 Å². The molecule has 0 aliphatic carbocycles. The van der Waals surface area contributed by atoms with Crippen LogP contribution in [-0.2, 0) is 9.53 Å². The number of esters is 1. The normalized spacial score (nSPS) is 15.8. The molecular formula is C24H26FN5O3. The van der Waals surface area contributed by atoms with Crippen molar-refractivity contribution in [3.63, 3.8) is 0 Å². The van der Waals surface area contributed by atoms with Crippen molar-refractivity contribution in [2.24, 2.45) is 0 Å². The number of hydrogen-bond donors (Lipinski definition) is 0. The number of halogens is 1. The number of benzene rings is 1. The van der Waals surface area contributed by atoms with Crippen LogP contribution in [0.15, 0.2) is 36.7 Å². The zero-order chi connectivity index (χ0) is 23.7. The number of aromatic nitrogens is 4. The van der Waals surface area contributed by atoms with E-state index in [4.69, 9.17) is 4.74 Å². The molecule has 33 heavy (non-hydrogen) atoms. The van der Waals surface area contributed by atoms with Crippen molar-refractivity contribution in [2.75, 3.05) is 13.7 Å².